The van der Waals surface area contributed by atoms with Crippen molar-refractivity contribution in [3.63, 3.8) is 0 Å². The number of halogens is 2. The van der Waals surface area contributed by atoms with Gasteiger partial charge in [0, 0.05) is 62.6 Å². The Morgan fingerprint density at radius 3 is 2.69 bits per heavy atom. The number of likely N-dealkylation sites (tertiary alicyclic amines) is 1. The first-order chi connectivity index (χ1) is 20.3. The molecule has 11 heteroatoms. The van der Waals surface area contributed by atoms with E-state index in [-0.39, 0.29) is 23.5 Å². The van der Waals surface area contributed by atoms with E-state index < -0.39 is 0 Å². The Morgan fingerprint density at radius 2 is 1.98 bits per heavy atom. The van der Waals surface area contributed by atoms with E-state index in [0.29, 0.717) is 57.4 Å². The van der Waals surface area contributed by atoms with Gasteiger partial charge in [0.05, 0.1) is 11.3 Å². The van der Waals surface area contributed by atoms with Crippen molar-refractivity contribution in [1.29, 1.82) is 0 Å². The number of nitrogens with zero attached hydrogens (tertiary/aromatic N) is 4. The number of furan rings is 1. The fourth-order valence-corrected chi connectivity index (χ4v) is 6.22. The summed E-state index contributed by atoms with van der Waals surface area (Å²) < 4.78 is 23.7. The highest BCUT2D eigenvalue weighted by Gasteiger charge is 2.31. The SMILES string of the molecule is CNC(=O)c1c(-c2ccc(F)cc2)oc2cc(N(C)SC)c([C@H]3CCCN(C(=O)c4cn5c(Cl)cccc5n4)C3)cc12. The second kappa shape index (κ2) is 11.3. The van der Waals surface area contributed by atoms with Crippen LogP contribution in [0.5, 0.6) is 0 Å². The highest BCUT2D eigenvalue weighted by molar-refractivity contribution is 7.99. The minimum atomic E-state index is -0.370. The van der Waals surface area contributed by atoms with Gasteiger partial charge in [-0.25, -0.2) is 9.37 Å². The molecular weight excluding hydrogens is 577 g/mol. The van der Waals surface area contributed by atoms with Gasteiger partial charge in [0.2, 0.25) is 0 Å². The third kappa shape index (κ3) is 4.98. The van der Waals surface area contributed by atoms with Crippen LogP contribution in [0.1, 0.15) is 45.2 Å². The van der Waals surface area contributed by atoms with E-state index in [2.05, 4.69) is 14.6 Å². The molecule has 0 saturated carbocycles. The molecule has 1 N–H and O–H groups in total. The maximum Gasteiger partial charge on any atom is 0.274 e. The molecule has 6 rings (SSSR count). The first kappa shape index (κ1) is 28.1. The quantitative estimate of drug-likeness (QED) is 0.173. The maximum absolute atomic E-state index is 13.7. The van der Waals surface area contributed by atoms with Crippen molar-refractivity contribution in [2.24, 2.45) is 0 Å². The predicted molar refractivity (Wildman–Crippen MR) is 165 cm³/mol. The van der Waals surface area contributed by atoms with Gasteiger partial charge in [-0.1, -0.05) is 29.6 Å². The van der Waals surface area contributed by atoms with E-state index in [1.807, 2.05) is 36.4 Å². The molecular formula is C31H29ClFN5O3S. The lowest BCUT2D eigenvalue weighted by molar-refractivity contribution is 0.0702. The molecule has 0 radical (unpaired) electrons. The summed E-state index contributed by atoms with van der Waals surface area (Å²) in [5.74, 6) is -0.417. The monoisotopic (exact) mass is 605 g/mol. The number of carbonyl (C=O) groups is 2. The molecule has 0 spiro atoms. The van der Waals surface area contributed by atoms with Gasteiger partial charge in [0.15, 0.2) is 0 Å². The summed E-state index contributed by atoms with van der Waals surface area (Å²) in [5, 5.41) is 3.88. The zero-order valence-corrected chi connectivity index (χ0v) is 24.9. The van der Waals surface area contributed by atoms with Gasteiger partial charge in [-0.05, 0) is 60.9 Å². The van der Waals surface area contributed by atoms with Crippen LogP contribution < -0.4 is 9.62 Å². The van der Waals surface area contributed by atoms with E-state index in [1.165, 1.54) is 12.1 Å². The van der Waals surface area contributed by atoms with Crippen LogP contribution in [0.3, 0.4) is 0 Å². The Balaban J connectivity index is 1.42. The van der Waals surface area contributed by atoms with Crippen LogP contribution in [0.25, 0.3) is 27.9 Å². The first-order valence-electron chi connectivity index (χ1n) is 13.6. The van der Waals surface area contributed by atoms with E-state index >= 15 is 0 Å². The number of imidazole rings is 1. The van der Waals surface area contributed by atoms with E-state index in [4.69, 9.17) is 16.0 Å². The van der Waals surface area contributed by atoms with Gasteiger partial charge in [0.1, 0.15) is 33.7 Å². The molecule has 0 bridgehead atoms. The molecule has 1 aliphatic rings. The van der Waals surface area contributed by atoms with Crippen molar-refractivity contribution in [3.8, 4) is 11.3 Å². The second-order valence-corrected chi connectivity index (χ2v) is 11.6. The van der Waals surface area contributed by atoms with Gasteiger partial charge in [-0.3, -0.25) is 14.0 Å². The Morgan fingerprint density at radius 1 is 1.19 bits per heavy atom. The molecule has 216 valence electrons. The number of hydrogen-bond acceptors (Lipinski definition) is 6. The number of aromatic nitrogens is 2. The number of pyridine rings is 1. The Labute approximate surface area is 251 Å². The molecule has 42 heavy (non-hydrogen) atoms. The van der Waals surface area contributed by atoms with E-state index in [1.54, 1.807) is 53.9 Å². The van der Waals surface area contributed by atoms with Crippen LogP contribution in [0.15, 0.2) is 65.2 Å². The largest absolute Gasteiger partial charge is 0.455 e. The van der Waals surface area contributed by atoms with Crippen molar-refractivity contribution < 1.29 is 18.4 Å². The zero-order valence-electron chi connectivity index (χ0n) is 23.4. The molecule has 8 nitrogen and oxygen atoms in total. The summed E-state index contributed by atoms with van der Waals surface area (Å²) in [6.45, 7) is 1.12. The molecule has 2 aromatic carbocycles. The molecule has 1 fully saturated rings. The van der Waals surface area contributed by atoms with Gasteiger partial charge in [0.25, 0.3) is 11.8 Å². The maximum atomic E-state index is 13.7. The molecule has 3 aromatic heterocycles. The molecule has 0 unspecified atom stereocenters. The van der Waals surface area contributed by atoms with Gasteiger partial charge in [-0.15, -0.1) is 0 Å². The normalized spacial score (nSPS) is 15.4. The van der Waals surface area contributed by atoms with Crippen molar-refractivity contribution in [2.45, 2.75) is 18.8 Å². The Bertz CT molecular complexity index is 1820. The lowest BCUT2D eigenvalue weighted by Crippen LogP contribution is -2.39. The van der Waals surface area contributed by atoms with Crippen LogP contribution in [-0.2, 0) is 0 Å². The van der Waals surface area contributed by atoms with Crippen molar-refractivity contribution >= 4 is 57.7 Å². The zero-order chi connectivity index (χ0) is 29.5. The molecule has 1 aliphatic heterocycles. The van der Waals surface area contributed by atoms with Crippen molar-refractivity contribution in [1.82, 2.24) is 19.6 Å². The van der Waals surface area contributed by atoms with Gasteiger partial charge >= 0.3 is 0 Å². The van der Waals surface area contributed by atoms with Crippen molar-refractivity contribution in [2.75, 3.05) is 37.7 Å². The molecule has 1 atom stereocenters. The molecule has 4 heterocycles. The third-order valence-electron chi connectivity index (χ3n) is 7.82. The van der Waals surface area contributed by atoms with Crippen LogP contribution >= 0.6 is 23.5 Å². The minimum absolute atomic E-state index is 0.0130. The fourth-order valence-electron chi connectivity index (χ4n) is 5.66. The average molecular weight is 606 g/mol. The number of nitrogens with one attached hydrogen (secondary N) is 1. The smallest absolute Gasteiger partial charge is 0.274 e. The standard InChI is InChI=1S/C31H29ClFN5O3S/c1-34-30(39)28-22-14-21(24(36(2)42-3)15-25(22)41-29(28)18-9-11-20(33)12-10-18)19-6-5-13-37(16-19)31(40)23-17-38-26(32)7-4-8-27(38)35-23/h4,7-12,14-15,17,19H,5-6,13,16H2,1-3H3,(H,34,39)/t19-/m0/s1. The van der Waals surface area contributed by atoms with Gasteiger partial charge in [-0.2, -0.15) is 0 Å². The minimum Gasteiger partial charge on any atom is -0.455 e. The number of anilines is 1. The number of carbonyl (C=O) groups excluding carboxylic acids is 2. The number of hydrogen-bond donors (Lipinski definition) is 1. The number of piperidine rings is 1. The lowest BCUT2D eigenvalue weighted by Gasteiger charge is -2.34. The molecule has 2 amide bonds. The number of fused-ring (bicyclic) bond motifs is 2. The Kier molecular flexibility index (Phi) is 7.59. The van der Waals surface area contributed by atoms with Crippen LogP contribution in [0, 0.1) is 5.82 Å². The van der Waals surface area contributed by atoms with Crippen LogP contribution in [0.2, 0.25) is 5.15 Å². The van der Waals surface area contributed by atoms with Crippen LogP contribution in [0.4, 0.5) is 10.1 Å². The topological polar surface area (TPSA) is 83.1 Å². The summed E-state index contributed by atoms with van der Waals surface area (Å²) in [6, 6.07) is 15.2. The summed E-state index contributed by atoms with van der Waals surface area (Å²) >= 11 is 7.86. The van der Waals surface area contributed by atoms with Gasteiger partial charge < -0.3 is 18.9 Å². The average Bonchev–Trinajstić information content (AvgIpc) is 3.62. The van der Waals surface area contributed by atoms with Crippen LogP contribution in [-0.4, -0.2) is 59.5 Å². The highest BCUT2D eigenvalue weighted by Crippen LogP contribution is 2.42. The molecule has 1 saturated heterocycles. The van der Waals surface area contributed by atoms with E-state index in [9.17, 15) is 14.0 Å². The molecule has 5 aromatic rings. The van der Waals surface area contributed by atoms with Crippen molar-refractivity contribution in [3.05, 3.63) is 88.6 Å². The first-order valence-corrected chi connectivity index (χ1v) is 15.1. The Hall–Kier alpha value is -4.02. The van der Waals surface area contributed by atoms with E-state index in [0.717, 1.165) is 24.1 Å². The molecule has 0 aliphatic carbocycles. The summed E-state index contributed by atoms with van der Waals surface area (Å²) in [6.07, 6.45) is 5.36. The highest BCUT2D eigenvalue weighted by atomic mass is 35.5. The summed E-state index contributed by atoms with van der Waals surface area (Å²) in [5.41, 5.74) is 4.48. The number of rotatable bonds is 6. The number of amides is 2. The predicted octanol–water partition coefficient (Wildman–Crippen LogP) is 6.63. The third-order valence-corrected chi connectivity index (χ3v) is 8.87. The summed E-state index contributed by atoms with van der Waals surface area (Å²) in [4.78, 5) is 33.1. The second-order valence-electron chi connectivity index (χ2n) is 10.3. The fraction of sp³-hybridized carbons (Fsp3) is 0.258. The lowest BCUT2D eigenvalue weighted by atomic mass is 9.88. The summed E-state index contributed by atoms with van der Waals surface area (Å²) in [7, 11) is 3.55. The number of benzene rings is 2.